The number of nitrogen functional groups attached to an aromatic ring is 1. The molecule has 0 aliphatic heterocycles. The number of carbonyl (C=O) groups excluding carboxylic acids is 2. The van der Waals surface area contributed by atoms with Gasteiger partial charge in [-0.2, -0.15) is 0 Å². The summed E-state index contributed by atoms with van der Waals surface area (Å²) in [6, 6.07) is 4.12. The van der Waals surface area contributed by atoms with Crippen LogP contribution >= 0.6 is 34.8 Å². The summed E-state index contributed by atoms with van der Waals surface area (Å²) in [6.07, 6.45) is 0.179. The molecule has 0 fully saturated rings. The van der Waals surface area contributed by atoms with Crippen molar-refractivity contribution in [2.75, 3.05) is 18.2 Å². The minimum atomic E-state index is -1.14. The van der Waals surface area contributed by atoms with Crippen LogP contribution in [0.25, 0.3) is 0 Å². The summed E-state index contributed by atoms with van der Waals surface area (Å²) >= 11 is 17.6. The van der Waals surface area contributed by atoms with E-state index in [0.717, 1.165) is 0 Å². The van der Waals surface area contributed by atoms with Gasteiger partial charge >= 0.3 is 5.97 Å². The SMILES string of the molecule is COc1cc(N)c(Cl)cc1C(=O)OC(C)C(=O)Nc1ncc(Cl)cc1Cl. The van der Waals surface area contributed by atoms with Gasteiger partial charge in [0.2, 0.25) is 0 Å². The zero-order valence-electron chi connectivity index (χ0n) is 13.7. The van der Waals surface area contributed by atoms with Gasteiger partial charge in [-0.3, -0.25) is 4.79 Å². The number of rotatable bonds is 5. The fourth-order valence-corrected chi connectivity index (χ4v) is 2.49. The van der Waals surface area contributed by atoms with E-state index in [4.69, 9.17) is 50.0 Å². The molecule has 0 bridgehead atoms. The number of nitrogens with two attached hydrogens (primary N) is 1. The van der Waals surface area contributed by atoms with Crippen molar-refractivity contribution in [1.82, 2.24) is 4.98 Å². The molecular weight excluding hydrogens is 405 g/mol. The molecule has 1 aromatic heterocycles. The molecule has 3 N–H and O–H groups in total. The molecule has 1 heterocycles. The summed E-state index contributed by atoms with van der Waals surface area (Å²) in [5.74, 6) is -1.17. The van der Waals surface area contributed by atoms with Crippen LogP contribution in [-0.2, 0) is 9.53 Å². The lowest BCUT2D eigenvalue weighted by atomic mass is 10.2. The van der Waals surface area contributed by atoms with E-state index in [1.165, 1.54) is 38.4 Å². The highest BCUT2D eigenvalue weighted by Gasteiger charge is 2.23. The van der Waals surface area contributed by atoms with E-state index in [-0.39, 0.29) is 32.9 Å². The normalized spacial score (nSPS) is 11.6. The van der Waals surface area contributed by atoms with E-state index in [1.807, 2.05) is 0 Å². The molecule has 26 heavy (non-hydrogen) atoms. The Morgan fingerprint density at radius 1 is 1.19 bits per heavy atom. The van der Waals surface area contributed by atoms with Crippen molar-refractivity contribution < 1.29 is 19.1 Å². The quantitative estimate of drug-likeness (QED) is 0.565. The molecule has 0 aliphatic carbocycles. The van der Waals surface area contributed by atoms with Crippen LogP contribution in [0.2, 0.25) is 15.1 Å². The van der Waals surface area contributed by atoms with Gasteiger partial charge in [0, 0.05) is 12.3 Å². The van der Waals surface area contributed by atoms with Gasteiger partial charge in [0.15, 0.2) is 11.9 Å². The summed E-state index contributed by atoms with van der Waals surface area (Å²) in [4.78, 5) is 28.4. The molecule has 1 amide bonds. The number of methoxy groups -OCH3 is 1. The van der Waals surface area contributed by atoms with Crippen molar-refractivity contribution in [2.24, 2.45) is 0 Å². The number of aromatic nitrogens is 1. The Hall–Kier alpha value is -2.22. The Labute approximate surface area is 164 Å². The Kier molecular flexibility index (Phi) is 6.52. The van der Waals surface area contributed by atoms with Gasteiger partial charge in [0.25, 0.3) is 5.91 Å². The highest BCUT2D eigenvalue weighted by atomic mass is 35.5. The third kappa shape index (κ3) is 4.69. The third-order valence-electron chi connectivity index (χ3n) is 3.24. The highest BCUT2D eigenvalue weighted by molar-refractivity contribution is 6.36. The molecule has 0 spiro atoms. The number of nitrogens with zero attached hydrogens (tertiary/aromatic N) is 1. The minimum Gasteiger partial charge on any atom is -0.496 e. The molecule has 1 unspecified atom stereocenters. The number of amides is 1. The first kappa shape index (κ1) is 20.1. The first-order valence-electron chi connectivity index (χ1n) is 7.18. The number of nitrogens with one attached hydrogen (secondary N) is 1. The van der Waals surface area contributed by atoms with Crippen molar-refractivity contribution >= 4 is 58.2 Å². The van der Waals surface area contributed by atoms with E-state index in [2.05, 4.69) is 10.3 Å². The third-order valence-corrected chi connectivity index (χ3v) is 4.06. The van der Waals surface area contributed by atoms with Crippen molar-refractivity contribution in [3.8, 4) is 5.75 Å². The zero-order chi connectivity index (χ0) is 19.4. The molecule has 0 saturated heterocycles. The molecule has 7 nitrogen and oxygen atoms in total. The molecule has 0 aliphatic rings. The molecule has 0 saturated carbocycles. The Morgan fingerprint density at radius 3 is 2.50 bits per heavy atom. The molecule has 1 aromatic carbocycles. The molecule has 2 aromatic rings. The van der Waals surface area contributed by atoms with Crippen molar-refractivity contribution in [3.05, 3.63) is 45.0 Å². The molecular formula is C16H14Cl3N3O4. The fraction of sp³-hybridized carbons (Fsp3) is 0.188. The average molecular weight is 419 g/mol. The van der Waals surface area contributed by atoms with Gasteiger partial charge in [-0.05, 0) is 19.1 Å². The van der Waals surface area contributed by atoms with Crippen LogP contribution in [0.5, 0.6) is 5.75 Å². The summed E-state index contributed by atoms with van der Waals surface area (Å²) in [5, 5.41) is 3.08. The number of hydrogen-bond acceptors (Lipinski definition) is 6. The smallest absolute Gasteiger partial charge is 0.342 e. The fourth-order valence-electron chi connectivity index (χ4n) is 1.90. The second-order valence-corrected chi connectivity index (χ2v) is 6.35. The Bertz CT molecular complexity index is 861. The highest BCUT2D eigenvalue weighted by Crippen LogP contribution is 2.29. The van der Waals surface area contributed by atoms with E-state index in [9.17, 15) is 9.59 Å². The Balaban J connectivity index is 2.11. The number of benzene rings is 1. The first-order valence-corrected chi connectivity index (χ1v) is 8.32. The number of hydrogen-bond donors (Lipinski definition) is 2. The van der Waals surface area contributed by atoms with Crippen LogP contribution in [0.1, 0.15) is 17.3 Å². The average Bonchev–Trinajstić information content (AvgIpc) is 2.59. The standard InChI is InChI=1S/C16H14Cl3N3O4/c1-7(15(23)22-14-11(19)3-8(17)6-21-14)26-16(24)9-4-10(18)12(20)5-13(9)25-2/h3-7H,20H2,1-2H3,(H,21,22,23). The maximum Gasteiger partial charge on any atom is 0.342 e. The molecule has 0 radical (unpaired) electrons. The van der Waals surface area contributed by atoms with Gasteiger partial charge < -0.3 is 20.5 Å². The van der Waals surface area contributed by atoms with Gasteiger partial charge in [0.1, 0.15) is 11.3 Å². The lowest BCUT2D eigenvalue weighted by Crippen LogP contribution is -2.30. The van der Waals surface area contributed by atoms with Crippen LogP contribution in [0, 0.1) is 0 Å². The number of esters is 1. The minimum absolute atomic E-state index is 0.0361. The van der Waals surface area contributed by atoms with Gasteiger partial charge in [0.05, 0.1) is 27.9 Å². The van der Waals surface area contributed by atoms with Gasteiger partial charge in [-0.15, -0.1) is 0 Å². The van der Waals surface area contributed by atoms with E-state index in [0.29, 0.717) is 5.02 Å². The monoisotopic (exact) mass is 417 g/mol. The number of ether oxygens (including phenoxy) is 2. The van der Waals surface area contributed by atoms with Crippen LogP contribution < -0.4 is 15.8 Å². The van der Waals surface area contributed by atoms with Crippen molar-refractivity contribution in [2.45, 2.75) is 13.0 Å². The Morgan fingerprint density at radius 2 is 1.88 bits per heavy atom. The predicted molar refractivity (Wildman–Crippen MR) is 100 cm³/mol. The van der Waals surface area contributed by atoms with E-state index >= 15 is 0 Å². The number of pyridine rings is 1. The van der Waals surface area contributed by atoms with E-state index in [1.54, 1.807) is 0 Å². The summed E-state index contributed by atoms with van der Waals surface area (Å²) < 4.78 is 10.2. The predicted octanol–water partition coefficient (Wildman–Crippen LogP) is 3.82. The van der Waals surface area contributed by atoms with Crippen LogP contribution in [0.4, 0.5) is 11.5 Å². The van der Waals surface area contributed by atoms with Crippen LogP contribution in [0.3, 0.4) is 0 Å². The lowest BCUT2D eigenvalue weighted by molar-refractivity contribution is -0.123. The van der Waals surface area contributed by atoms with Gasteiger partial charge in [-0.25, -0.2) is 9.78 Å². The number of anilines is 2. The largest absolute Gasteiger partial charge is 0.496 e. The maximum atomic E-state index is 12.3. The lowest BCUT2D eigenvalue weighted by Gasteiger charge is -2.15. The molecule has 10 heteroatoms. The van der Waals surface area contributed by atoms with E-state index < -0.39 is 18.0 Å². The summed E-state index contributed by atoms with van der Waals surface area (Å²) in [7, 11) is 1.36. The topological polar surface area (TPSA) is 104 Å². The summed E-state index contributed by atoms with van der Waals surface area (Å²) in [5.41, 5.74) is 5.95. The van der Waals surface area contributed by atoms with Gasteiger partial charge in [-0.1, -0.05) is 34.8 Å². The summed E-state index contributed by atoms with van der Waals surface area (Å²) in [6.45, 7) is 1.39. The zero-order valence-corrected chi connectivity index (χ0v) is 15.9. The van der Waals surface area contributed by atoms with Crippen molar-refractivity contribution in [1.29, 1.82) is 0 Å². The second-order valence-electron chi connectivity index (χ2n) is 5.09. The maximum absolute atomic E-state index is 12.3. The van der Waals surface area contributed by atoms with Crippen LogP contribution in [-0.4, -0.2) is 30.1 Å². The molecule has 2 rings (SSSR count). The van der Waals surface area contributed by atoms with Crippen LogP contribution in [0.15, 0.2) is 24.4 Å². The van der Waals surface area contributed by atoms with Crippen molar-refractivity contribution in [3.63, 3.8) is 0 Å². The molecule has 1 atom stereocenters. The number of carbonyl (C=O) groups is 2. The molecule has 138 valence electrons. The first-order chi connectivity index (χ1) is 12.2. The number of halogens is 3. The second kappa shape index (κ2) is 8.44.